The molecule has 1 aromatic carbocycles. The van der Waals surface area contributed by atoms with Gasteiger partial charge in [0.15, 0.2) is 0 Å². The molecular weight excluding hydrogens is 181 g/mol. The summed E-state index contributed by atoms with van der Waals surface area (Å²) in [6, 6.07) is 5.95. The fourth-order valence-corrected chi connectivity index (χ4v) is 0.804. The molecule has 0 aromatic heterocycles. The molecule has 80 valence electrons. The third kappa shape index (κ3) is 5.54. The van der Waals surface area contributed by atoms with Gasteiger partial charge < -0.3 is 10.5 Å². The minimum atomic E-state index is -0.249. The van der Waals surface area contributed by atoms with E-state index in [9.17, 15) is 4.39 Å². The minimum Gasteiger partial charge on any atom is -0.494 e. The molecule has 1 aromatic rings. The highest BCUT2D eigenvalue weighted by molar-refractivity contribution is 5.21. The molecule has 0 amide bonds. The fraction of sp³-hybridized carbons (Fsp3) is 0.455. The third-order valence-electron chi connectivity index (χ3n) is 1.43. The maximum atomic E-state index is 12.4. The number of halogens is 1. The second-order valence-electron chi connectivity index (χ2n) is 2.44. The zero-order valence-corrected chi connectivity index (χ0v) is 8.79. The van der Waals surface area contributed by atoms with E-state index in [1.54, 1.807) is 12.1 Å². The number of rotatable bonds is 4. The monoisotopic (exact) mass is 199 g/mol. The molecule has 0 heterocycles. The van der Waals surface area contributed by atoms with Crippen LogP contribution < -0.4 is 10.5 Å². The van der Waals surface area contributed by atoms with Gasteiger partial charge in [-0.2, -0.15) is 0 Å². The first-order valence-corrected chi connectivity index (χ1v) is 4.91. The summed E-state index contributed by atoms with van der Waals surface area (Å²) in [5.74, 6) is 0.436. The van der Waals surface area contributed by atoms with Crippen LogP contribution in [-0.2, 0) is 0 Å². The highest BCUT2D eigenvalue weighted by Gasteiger charge is 1.92. The van der Waals surface area contributed by atoms with Crippen molar-refractivity contribution in [1.82, 2.24) is 0 Å². The first-order valence-electron chi connectivity index (χ1n) is 4.91. The highest BCUT2D eigenvalue weighted by atomic mass is 19.1. The molecule has 0 aliphatic carbocycles. The Morgan fingerprint density at radius 3 is 2.29 bits per heavy atom. The molecule has 0 spiro atoms. The lowest BCUT2D eigenvalue weighted by Gasteiger charge is -2.03. The second kappa shape index (κ2) is 8.51. The van der Waals surface area contributed by atoms with E-state index in [0.29, 0.717) is 18.9 Å². The maximum Gasteiger partial charge on any atom is 0.123 e. The van der Waals surface area contributed by atoms with Gasteiger partial charge in [-0.05, 0) is 37.2 Å². The van der Waals surface area contributed by atoms with E-state index in [-0.39, 0.29) is 5.82 Å². The lowest BCUT2D eigenvalue weighted by Crippen LogP contribution is -2.05. The summed E-state index contributed by atoms with van der Waals surface area (Å²) in [5.41, 5.74) is 5.28. The van der Waals surface area contributed by atoms with Gasteiger partial charge in [0.05, 0.1) is 6.61 Å². The summed E-state index contributed by atoms with van der Waals surface area (Å²) in [6.07, 6.45) is 0.817. The molecule has 2 N–H and O–H groups in total. The van der Waals surface area contributed by atoms with Crippen molar-refractivity contribution in [2.24, 2.45) is 5.73 Å². The quantitative estimate of drug-likeness (QED) is 0.756. The van der Waals surface area contributed by atoms with E-state index in [2.05, 4.69) is 0 Å². The number of hydrogen-bond donors (Lipinski definition) is 1. The molecule has 0 aliphatic rings. The molecule has 14 heavy (non-hydrogen) atoms. The van der Waals surface area contributed by atoms with E-state index in [0.717, 1.165) is 6.42 Å². The number of ether oxygens (including phenoxy) is 1. The van der Waals surface area contributed by atoms with Gasteiger partial charge in [0.1, 0.15) is 11.6 Å². The molecule has 0 atom stereocenters. The normalized spacial score (nSPS) is 8.86. The van der Waals surface area contributed by atoms with Crippen molar-refractivity contribution >= 4 is 0 Å². The molecule has 0 radical (unpaired) electrons. The van der Waals surface area contributed by atoms with Crippen molar-refractivity contribution in [3.63, 3.8) is 0 Å². The SMILES string of the molecule is CC.NCCCOc1ccc(F)cc1. The fourth-order valence-electron chi connectivity index (χ4n) is 0.804. The van der Waals surface area contributed by atoms with Crippen molar-refractivity contribution in [2.75, 3.05) is 13.2 Å². The van der Waals surface area contributed by atoms with Crippen LogP contribution in [0, 0.1) is 5.82 Å². The summed E-state index contributed by atoms with van der Waals surface area (Å²) < 4.78 is 17.7. The third-order valence-corrected chi connectivity index (χ3v) is 1.43. The Balaban J connectivity index is 0.000000791. The topological polar surface area (TPSA) is 35.2 Å². The van der Waals surface area contributed by atoms with Crippen LogP contribution in [0.5, 0.6) is 5.75 Å². The summed E-state index contributed by atoms with van der Waals surface area (Å²) in [6.45, 7) is 5.20. The van der Waals surface area contributed by atoms with Crippen LogP contribution in [0.1, 0.15) is 20.3 Å². The average molecular weight is 199 g/mol. The Bertz CT molecular complexity index is 223. The molecular formula is C11H18FNO. The minimum absolute atomic E-state index is 0.249. The van der Waals surface area contributed by atoms with Gasteiger partial charge in [0, 0.05) is 0 Å². The Morgan fingerprint density at radius 1 is 1.21 bits per heavy atom. The zero-order valence-electron chi connectivity index (χ0n) is 8.79. The summed E-state index contributed by atoms with van der Waals surface area (Å²) in [4.78, 5) is 0. The molecule has 2 nitrogen and oxygen atoms in total. The summed E-state index contributed by atoms with van der Waals surface area (Å²) in [5, 5.41) is 0. The van der Waals surface area contributed by atoms with Crippen molar-refractivity contribution in [2.45, 2.75) is 20.3 Å². The number of nitrogens with two attached hydrogens (primary N) is 1. The summed E-state index contributed by atoms with van der Waals surface area (Å²) in [7, 11) is 0. The molecule has 0 aliphatic heterocycles. The first-order chi connectivity index (χ1) is 6.83. The van der Waals surface area contributed by atoms with Crippen molar-refractivity contribution in [1.29, 1.82) is 0 Å². The van der Waals surface area contributed by atoms with E-state index in [1.807, 2.05) is 13.8 Å². The standard InChI is InChI=1S/C9H12FNO.C2H6/c10-8-2-4-9(5-3-8)12-7-1-6-11;1-2/h2-5H,1,6-7,11H2;1-2H3. The van der Waals surface area contributed by atoms with E-state index in [4.69, 9.17) is 10.5 Å². The van der Waals surface area contributed by atoms with Gasteiger partial charge in [0.25, 0.3) is 0 Å². The van der Waals surface area contributed by atoms with Gasteiger partial charge in [-0.15, -0.1) is 0 Å². The smallest absolute Gasteiger partial charge is 0.123 e. The van der Waals surface area contributed by atoms with E-state index >= 15 is 0 Å². The Kier molecular flexibility index (Phi) is 7.84. The number of hydrogen-bond acceptors (Lipinski definition) is 2. The molecule has 3 heteroatoms. The largest absolute Gasteiger partial charge is 0.494 e. The molecule has 0 saturated heterocycles. The number of benzene rings is 1. The molecule has 0 bridgehead atoms. The maximum absolute atomic E-state index is 12.4. The second-order valence-corrected chi connectivity index (χ2v) is 2.44. The Labute approximate surface area is 84.9 Å². The van der Waals surface area contributed by atoms with E-state index in [1.165, 1.54) is 12.1 Å². The molecule has 0 unspecified atom stereocenters. The van der Waals surface area contributed by atoms with Crippen LogP contribution >= 0.6 is 0 Å². The van der Waals surface area contributed by atoms with E-state index < -0.39 is 0 Å². The van der Waals surface area contributed by atoms with Crippen LogP contribution in [0.25, 0.3) is 0 Å². The lowest BCUT2D eigenvalue weighted by atomic mass is 10.3. The Hall–Kier alpha value is -1.09. The summed E-state index contributed by atoms with van der Waals surface area (Å²) >= 11 is 0. The van der Waals surface area contributed by atoms with Gasteiger partial charge >= 0.3 is 0 Å². The van der Waals surface area contributed by atoms with Crippen LogP contribution in [0.15, 0.2) is 24.3 Å². The van der Waals surface area contributed by atoms with Crippen LogP contribution in [0.2, 0.25) is 0 Å². The zero-order chi connectivity index (χ0) is 10.8. The van der Waals surface area contributed by atoms with Gasteiger partial charge in [-0.1, -0.05) is 13.8 Å². The highest BCUT2D eigenvalue weighted by Crippen LogP contribution is 2.10. The van der Waals surface area contributed by atoms with Gasteiger partial charge in [-0.25, -0.2) is 4.39 Å². The lowest BCUT2D eigenvalue weighted by molar-refractivity contribution is 0.313. The van der Waals surface area contributed by atoms with Gasteiger partial charge in [-0.3, -0.25) is 0 Å². The predicted molar refractivity (Wildman–Crippen MR) is 56.9 cm³/mol. The van der Waals surface area contributed by atoms with Crippen molar-refractivity contribution in [3.05, 3.63) is 30.1 Å². The van der Waals surface area contributed by atoms with Crippen molar-refractivity contribution in [3.8, 4) is 5.75 Å². The van der Waals surface area contributed by atoms with Crippen LogP contribution in [-0.4, -0.2) is 13.2 Å². The van der Waals surface area contributed by atoms with Crippen LogP contribution in [0.3, 0.4) is 0 Å². The average Bonchev–Trinajstić information content (AvgIpc) is 2.24. The molecule has 1 rings (SSSR count). The predicted octanol–water partition coefficient (Wildman–Crippen LogP) is 2.58. The molecule has 0 saturated carbocycles. The Morgan fingerprint density at radius 2 is 1.79 bits per heavy atom. The van der Waals surface area contributed by atoms with Crippen LogP contribution in [0.4, 0.5) is 4.39 Å². The molecule has 0 fully saturated rings. The van der Waals surface area contributed by atoms with Gasteiger partial charge in [0.2, 0.25) is 0 Å². The first kappa shape index (κ1) is 12.9. The van der Waals surface area contributed by atoms with Crippen molar-refractivity contribution < 1.29 is 9.13 Å².